The highest BCUT2D eigenvalue weighted by Crippen LogP contribution is 2.21. The van der Waals surface area contributed by atoms with Crippen molar-refractivity contribution in [2.24, 2.45) is 11.8 Å². The molecule has 0 spiro atoms. The summed E-state index contributed by atoms with van der Waals surface area (Å²) in [6, 6.07) is 0. The zero-order chi connectivity index (χ0) is 13.3. The molecule has 1 aromatic rings. The van der Waals surface area contributed by atoms with E-state index < -0.39 is 0 Å². The molecular weight excluding hydrogens is 364 g/mol. The van der Waals surface area contributed by atoms with Gasteiger partial charge in [-0.1, -0.05) is 13.8 Å². The molecule has 0 aromatic carbocycles. The smallest absolute Gasteiger partial charge is 0.244 e. The van der Waals surface area contributed by atoms with Crippen molar-refractivity contribution in [3.8, 4) is 0 Å². The molecule has 0 unspecified atom stereocenters. The Balaban J connectivity index is 2.01. The molecule has 5 nitrogen and oxygen atoms in total. The summed E-state index contributed by atoms with van der Waals surface area (Å²) in [6.45, 7) is 6.31. The van der Waals surface area contributed by atoms with Crippen LogP contribution in [0.3, 0.4) is 0 Å². The molecule has 1 amide bonds. The van der Waals surface area contributed by atoms with Crippen molar-refractivity contribution in [2.75, 3.05) is 13.1 Å². The number of piperidine rings is 1. The maximum Gasteiger partial charge on any atom is 0.244 e. The monoisotopic (exact) mass is 378 g/mol. The Morgan fingerprint density at radius 2 is 1.94 bits per heavy atom. The van der Waals surface area contributed by atoms with Crippen molar-refractivity contribution in [1.29, 1.82) is 0 Å². The maximum absolute atomic E-state index is 12.2. The van der Waals surface area contributed by atoms with E-state index in [1.807, 2.05) is 4.90 Å². The van der Waals surface area contributed by atoms with Crippen molar-refractivity contribution in [2.45, 2.75) is 26.8 Å². The van der Waals surface area contributed by atoms with Crippen molar-refractivity contribution in [3.63, 3.8) is 0 Å². The minimum Gasteiger partial charge on any atom is -0.341 e. The van der Waals surface area contributed by atoms with E-state index in [4.69, 9.17) is 0 Å². The summed E-state index contributed by atoms with van der Waals surface area (Å²) in [4.78, 5) is 18.2. The number of aromatic nitrogens is 3. The quantitative estimate of drug-likeness (QED) is 0.792. The average Bonchev–Trinajstić information content (AvgIpc) is 2.56. The number of hydrogen-bond acceptors (Lipinski definition) is 3. The number of halogens is 2. The van der Waals surface area contributed by atoms with E-state index >= 15 is 0 Å². The van der Waals surface area contributed by atoms with Crippen LogP contribution in [-0.2, 0) is 11.3 Å². The second-order valence-electron chi connectivity index (χ2n) is 5.05. The first kappa shape index (κ1) is 14.0. The lowest BCUT2D eigenvalue weighted by atomic mass is 9.92. The predicted octanol–water partition coefficient (Wildman–Crippen LogP) is 2.31. The van der Waals surface area contributed by atoms with Crippen LogP contribution >= 0.6 is 31.9 Å². The SMILES string of the molecule is C[C@@H]1C[C@H](C)CN(C(=O)Cn2nc(Br)nc2Br)C1. The van der Waals surface area contributed by atoms with Gasteiger partial charge in [-0.15, -0.1) is 5.10 Å². The van der Waals surface area contributed by atoms with Crippen molar-refractivity contribution >= 4 is 37.8 Å². The van der Waals surface area contributed by atoms with Crippen LogP contribution < -0.4 is 0 Å². The van der Waals surface area contributed by atoms with Crippen molar-refractivity contribution in [3.05, 3.63) is 9.47 Å². The molecule has 18 heavy (non-hydrogen) atoms. The van der Waals surface area contributed by atoms with Crippen LogP contribution in [-0.4, -0.2) is 38.7 Å². The Labute approximate surface area is 123 Å². The molecule has 0 aliphatic carbocycles. The van der Waals surface area contributed by atoms with E-state index in [9.17, 15) is 4.79 Å². The van der Waals surface area contributed by atoms with Gasteiger partial charge in [0.05, 0.1) is 0 Å². The molecule has 2 rings (SSSR count). The number of hydrogen-bond donors (Lipinski definition) is 0. The molecule has 1 aliphatic rings. The van der Waals surface area contributed by atoms with Crippen LogP contribution in [0, 0.1) is 11.8 Å². The summed E-state index contributed by atoms with van der Waals surface area (Å²) >= 11 is 6.47. The maximum atomic E-state index is 12.2. The Morgan fingerprint density at radius 1 is 1.33 bits per heavy atom. The number of likely N-dealkylation sites (tertiary alicyclic amines) is 1. The van der Waals surface area contributed by atoms with Gasteiger partial charge in [0.15, 0.2) is 4.73 Å². The Hall–Kier alpha value is -0.430. The van der Waals surface area contributed by atoms with Gasteiger partial charge >= 0.3 is 0 Å². The standard InChI is InChI=1S/C11H16Br2N4O/c1-7-3-8(2)5-16(4-7)9(18)6-17-11(13)14-10(12)15-17/h7-8H,3-6H2,1-2H3/t7-,8+. The van der Waals surface area contributed by atoms with Crippen LogP contribution in [0.5, 0.6) is 0 Å². The summed E-state index contributed by atoms with van der Waals surface area (Å²) in [5, 5.41) is 4.11. The molecule has 2 atom stereocenters. The van der Waals surface area contributed by atoms with E-state index in [0.717, 1.165) is 13.1 Å². The lowest BCUT2D eigenvalue weighted by Gasteiger charge is -2.35. The molecule has 1 saturated heterocycles. The summed E-state index contributed by atoms with van der Waals surface area (Å²) in [7, 11) is 0. The summed E-state index contributed by atoms with van der Waals surface area (Å²) in [5.41, 5.74) is 0. The molecule has 1 fully saturated rings. The van der Waals surface area contributed by atoms with Gasteiger partial charge in [-0.25, -0.2) is 4.68 Å². The second kappa shape index (κ2) is 5.69. The van der Waals surface area contributed by atoms with Gasteiger partial charge in [-0.3, -0.25) is 4.79 Å². The van der Waals surface area contributed by atoms with E-state index in [1.165, 1.54) is 6.42 Å². The zero-order valence-electron chi connectivity index (χ0n) is 10.4. The third kappa shape index (κ3) is 3.32. The molecule has 0 N–H and O–H groups in total. The fraction of sp³-hybridized carbons (Fsp3) is 0.727. The fourth-order valence-electron chi connectivity index (χ4n) is 2.49. The lowest BCUT2D eigenvalue weighted by Crippen LogP contribution is -2.44. The highest BCUT2D eigenvalue weighted by molar-refractivity contribution is 9.11. The lowest BCUT2D eigenvalue weighted by molar-refractivity contribution is -0.134. The van der Waals surface area contributed by atoms with E-state index in [2.05, 4.69) is 55.8 Å². The average molecular weight is 380 g/mol. The van der Waals surface area contributed by atoms with Gasteiger partial charge in [0.25, 0.3) is 0 Å². The van der Waals surface area contributed by atoms with E-state index in [-0.39, 0.29) is 12.5 Å². The number of carbonyl (C=O) groups is 1. The van der Waals surface area contributed by atoms with Gasteiger partial charge in [0.2, 0.25) is 10.6 Å². The minimum atomic E-state index is 0.103. The third-order valence-corrected chi connectivity index (χ3v) is 4.03. The summed E-state index contributed by atoms with van der Waals surface area (Å²) in [5.74, 6) is 1.25. The highest BCUT2D eigenvalue weighted by atomic mass is 79.9. The summed E-state index contributed by atoms with van der Waals surface area (Å²) < 4.78 is 2.62. The third-order valence-electron chi connectivity index (χ3n) is 3.11. The van der Waals surface area contributed by atoms with Crippen LogP contribution in [0.25, 0.3) is 0 Å². The molecule has 100 valence electrons. The predicted molar refractivity (Wildman–Crippen MR) is 74.9 cm³/mol. The van der Waals surface area contributed by atoms with Gasteiger partial charge in [0, 0.05) is 13.1 Å². The zero-order valence-corrected chi connectivity index (χ0v) is 13.6. The van der Waals surface area contributed by atoms with Crippen molar-refractivity contribution in [1.82, 2.24) is 19.7 Å². The first-order valence-electron chi connectivity index (χ1n) is 5.99. The fourth-order valence-corrected chi connectivity index (χ4v) is 3.46. The van der Waals surface area contributed by atoms with Gasteiger partial charge in [-0.2, -0.15) is 4.98 Å². The molecule has 1 aromatic heterocycles. The number of amides is 1. The van der Waals surface area contributed by atoms with Crippen LogP contribution in [0.15, 0.2) is 9.47 Å². The molecule has 0 saturated carbocycles. The number of nitrogens with zero attached hydrogens (tertiary/aromatic N) is 4. The van der Waals surface area contributed by atoms with Crippen LogP contribution in [0.1, 0.15) is 20.3 Å². The van der Waals surface area contributed by atoms with Crippen molar-refractivity contribution < 1.29 is 4.79 Å². The van der Waals surface area contributed by atoms with E-state index in [0.29, 0.717) is 21.3 Å². The number of carbonyl (C=O) groups excluding carboxylic acids is 1. The summed E-state index contributed by atoms with van der Waals surface area (Å²) in [6.07, 6.45) is 1.20. The molecule has 0 bridgehead atoms. The van der Waals surface area contributed by atoms with Gasteiger partial charge in [0.1, 0.15) is 6.54 Å². The topological polar surface area (TPSA) is 51.0 Å². The highest BCUT2D eigenvalue weighted by Gasteiger charge is 2.26. The molecule has 2 heterocycles. The van der Waals surface area contributed by atoms with Gasteiger partial charge < -0.3 is 4.90 Å². The molecular formula is C11H16Br2N4O. The Kier molecular flexibility index (Phi) is 4.42. The Morgan fingerprint density at radius 3 is 2.44 bits per heavy atom. The molecule has 1 aliphatic heterocycles. The molecule has 7 heteroatoms. The largest absolute Gasteiger partial charge is 0.341 e. The Bertz CT molecular complexity index is 438. The van der Waals surface area contributed by atoms with Crippen LogP contribution in [0.4, 0.5) is 0 Å². The minimum absolute atomic E-state index is 0.103. The normalized spacial score (nSPS) is 24.3. The molecule has 0 radical (unpaired) electrons. The first-order chi connectivity index (χ1) is 8.45. The second-order valence-corrected chi connectivity index (χ2v) is 6.47. The van der Waals surface area contributed by atoms with Gasteiger partial charge in [-0.05, 0) is 50.1 Å². The van der Waals surface area contributed by atoms with E-state index in [1.54, 1.807) is 4.68 Å². The number of rotatable bonds is 2. The van der Waals surface area contributed by atoms with Crippen LogP contribution in [0.2, 0.25) is 0 Å². The first-order valence-corrected chi connectivity index (χ1v) is 7.58.